The number of esters is 1. The number of carbonyl (C=O) groups is 3. The second-order valence-corrected chi connectivity index (χ2v) is 6.63. The number of fused-ring (bicyclic) bond motifs is 1. The van der Waals surface area contributed by atoms with Crippen LogP contribution in [0.15, 0.2) is 42.5 Å². The van der Waals surface area contributed by atoms with E-state index in [0.717, 1.165) is 5.56 Å². The third-order valence-electron chi connectivity index (χ3n) is 4.14. The lowest BCUT2D eigenvalue weighted by atomic mass is 10.2. The van der Waals surface area contributed by atoms with Crippen molar-refractivity contribution in [2.45, 2.75) is 13.3 Å². The van der Waals surface area contributed by atoms with Crippen LogP contribution in [0.3, 0.4) is 0 Å². The van der Waals surface area contributed by atoms with Crippen LogP contribution in [-0.2, 0) is 19.1 Å². The lowest BCUT2D eigenvalue weighted by Gasteiger charge is -2.20. The fraction of sp³-hybridized carbons (Fsp3) is 0.250. The second-order valence-electron chi connectivity index (χ2n) is 6.22. The van der Waals surface area contributed by atoms with E-state index in [9.17, 15) is 14.4 Å². The van der Waals surface area contributed by atoms with Gasteiger partial charge < -0.3 is 14.8 Å². The molecule has 1 heterocycles. The van der Waals surface area contributed by atoms with E-state index in [1.165, 1.54) is 4.90 Å². The monoisotopic (exact) mass is 402 g/mol. The largest absolute Gasteiger partial charge is 0.491 e. The Balaban J connectivity index is 1.57. The topological polar surface area (TPSA) is 84.9 Å². The Morgan fingerprint density at radius 3 is 2.82 bits per heavy atom. The molecular formula is C20H19ClN2O5. The number of amides is 2. The van der Waals surface area contributed by atoms with Gasteiger partial charge in [-0.1, -0.05) is 29.8 Å². The average molecular weight is 403 g/mol. The maximum atomic E-state index is 12.3. The molecule has 0 fully saturated rings. The van der Waals surface area contributed by atoms with Crippen LogP contribution in [0.4, 0.5) is 11.4 Å². The highest BCUT2D eigenvalue weighted by molar-refractivity contribution is 6.31. The summed E-state index contributed by atoms with van der Waals surface area (Å²) in [4.78, 5) is 37.8. The van der Waals surface area contributed by atoms with E-state index in [0.29, 0.717) is 22.1 Å². The highest BCUT2D eigenvalue weighted by Crippen LogP contribution is 2.30. The van der Waals surface area contributed by atoms with Gasteiger partial charge in [0, 0.05) is 10.7 Å². The second kappa shape index (κ2) is 8.75. The number of nitrogens with zero attached hydrogens (tertiary/aromatic N) is 1. The van der Waals surface area contributed by atoms with Crippen LogP contribution in [-0.4, -0.2) is 37.5 Å². The first-order chi connectivity index (χ1) is 13.4. The first-order valence-corrected chi connectivity index (χ1v) is 9.05. The van der Waals surface area contributed by atoms with Gasteiger partial charge in [0.25, 0.3) is 5.91 Å². The van der Waals surface area contributed by atoms with Crippen LogP contribution in [0.1, 0.15) is 12.0 Å². The molecule has 0 atom stereocenters. The Bertz CT molecular complexity index is 915. The summed E-state index contributed by atoms with van der Waals surface area (Å²) in [6.07, 6.45) is 0.149. The average Bonchev–Trinajstić information content (AvgIpc) is 2.82. The van der Waals surface area contributed by atoms with Gasteiger partial charge in [0.15, 0.2) is 6.61 Å². The minimum absolute atomic E-state index is 0.149. The molecule has 3 rings (SSSR count). The molecule has 0 aliphatic carbocycles. The van der Waals surface area contributed by atoms with Crippen LogP contribution in [0.2, 0.25) is 5.02 Å². The Kier molecular flexibility index (Phi) is 6.16. The molecule has 146 valence electrons. The number of carbonyl (C=O) groups excluding carboxylic acids is 3. The molecule has 8 heteroatoms. The molecule has 0 unspecified atom stereocenters. The third-order valence-corrected chi connectivity index (χ3v) is 4.54. The summed E-state index contributed by atoms with van der Waals surface area (Å²) in [5.41, 5.74) is 1.89. The first kappa shape index (κ1) is 19.7. The highest BCUT2D eigenvalue weighted by Gasteiger charge is 2.25. The van der Waals surface area contributed by atoms with Gasteiger partial charge in [-0.05, 0) is 36.8 Å². The fourth-order valence-corrected chi connectivity index (χ4v) is 2.86. The molecular weight excluding hydrogens is 384 g/mol. The van der Waals surface area contributed by atoms with E-state index in [1.54, 1.807) is 42.5 Å². The molecule has 1 N–H and O–H groups in total. The van der Waals surface area contributed by atoms with E-state index in [-0.39, 0.29) is 25.5 Å². The van der Waals surface area contributed by atoms with Gasteiger partial charge in [-0.25, -0.2) is 0 Å². The normalized spacial score (nSPS) is 13.2. The summed E-state index contributed by atoms with van der Waals surface area (Å²) in [6, 6.07) is 12.0. The van der Waals surface area contributed by atoms with Crippen LogP contribution < -0.4 is 15.0 Å². The number of ether oxygens (including phenoxy) is 2. The standard InChI is InChI=1S/C20H19ClN2O5/c1-13-6-7-14(10-15(13)21)22-18(24)12-28-20(26)11-23-16-4-2-3-5-17(16)27-9-8-19(23)25/h2-7,10H,8-9,11-12H2,1H3,(H,22,24). The van der Waals surface area contributed by atoms with E-state index in [1.807, 2.05) is 6.92 Å². The molecule has 1 aliphatic rings. The first-order valence-electron chi connectivity index (χ1n) is 8.68. The van der Waals surface area contributed by atoms with E-state index in [4.69, 9.17) is 21.1 Å². The van der Waals surface area contributed by atoms with Gasteiger partial charge in [0.05, 0.1) is 18.7 Å². The minimum atomic E-state index is -0.692. The van der Waals surface area contributed by atoms with Crippen molar-refractivity contribution < 1.29 is 23.9 Å². The zero-order chi connectivity index (χ0) is 20.1. The van der Waals surface area contributed by atoms with Crippen LogP contribution in [0, 0.1) is 6.92 Å². The molecule has 2 aromatic rings. The number of aryl methyl sites for hydroxylation is 1. The molecule has 0 bridgehead atoms. The highest BCUT2D eigenvalue weighted by atomic mass is 35.5. The summed E-state index contributed by atoms with van der Waals surface area (Å²) in [6.45, 7) is 1.32. The molecule has 0 spiro atoms. The molecule has 0 radical (unpaired) electrons. The number of nitrogens with one attached hydrogen (secondary N) is 1. The van der Waals surface area contributed by atoms with Gasteiger partial charge in [0.2, 0.25) is 5.91 Å². The molecule has 2 aromatic carbocycles. The predicted octanol–water partition coefficient (Wildman–Crippen LogP) is 2.95. The van der Waals surface area contributed by atoms with Crippen LogP contribution in [0.5, 0.6) is 5.75 Å². The van der Waals surface area contributed by atoms with Gasteiger partial charge in [-0.2, -0.15) is 0 Å². The van der Waals surface area contributed by atoms with Crippen molar-refractivity contribution in [3.63, 3.8) is 0 Å². The molecule has 0 aromatic heterocycles. The number of rotatable bonds is 5. The van der Waals surface area contributed by atoms with Crippen molar-refractivity contribution in [3.05, 3.63) is 53.1 Å². The zero-order valence-electron chi connectivity index (χ0n) is 15.2. The Hall–Kier alpha value is -3.06. The number of para-hydroxylation sites is 2. The summed E-state index contributed by atoms with van der Waals surface area (Å²) in [5, 5.41) is 3.13. The van der Waals surface area contributed by atoms with Gasteiger partial charge in [0.1, 0.15) is 12.3 Å². The number of anilines is 2. The van der Waals surface area contributed by atoms with Crippen molar-refractivity contribution in [3.8, 4) is 5.75 Å². The molecule has 1 aliphatic heterocycles. The Morgan fingerprint density at radius 1 is 1.25 bits per heavy atom. The summed E-state index contributed by atoms with van der Waals surface area (Å²) >= 11 is 6.02. The number of benzene rings is 2. The van der Waals surface area contributed by atoms with Crippen molar-refractivity contribution in [1.29, 1.82) is 0 Å². The van der Waals surface area contributed by atoms with Gasteiger partial charge in [-0.3, -0.25) is 19.3 Å². The molecule has 2 amide bonds. The fourth-order valence-electron chi connectivity index (χ4n) is 2.68. The lowest BCUT2D eigenvalue weighted by Crippen LogP contribution is -2.36. The number of hydrogen-bond acceptors (Lipinski definition) is 5. The Morgan fingerprint density at radius 2 is 2.04 bits per heavy atom. The lowest BCUT2D eigenvalue weighted by molar-refractivity contribution is -0.146. The molecule has 0 saturated heterocycles. The third kappa shape index (κ3) is 4.80. The minimum Gasteiger partial charge on any atom is -0.491 e. The zero-order valence-corrected chi connectivity index (χ0v) is 16.0. The Labute approximate surface area is 167 Å². The number of hydrogen-bond donors (Lipinski definition) is 1. The predicted molar refractivity (Wildman–Crippen MR) is 105 cm³/mol. The summed E-state index contributed by atoms with van der Waals surface area (Å²) in [7, 11) is 0. The van der Waals surface area contributed by atoms with Crippen molar-refractivity contribution >= 4 is 40.8 Å². The number of halogens is 1. The maximum Gasteiger partial charge on any atom is 0.326 e. The summed E-state index contributed by atoms with van der Waals surface area (Å²) in [5.74, 6) is -0.919. The molecule has 28 heavy (non-hydrogen) atoms. The smallest absolute Gasteiger partial charge is 0.326 e. The van der Waals surface area contributed by atoms with E-state index < -0.39 is 18.5 Å². The van der Waals surface area contributed by atoms with Gasteiger partial charge in [-0.15, -0.1) is 0 Å². The van der Waals surface area contributed by atoms with Crippen molar-refractivity contribution in [2.24, 2.45) is 0 Å². The van der Waals surface area contributed by atoms with Gasteiger partial charge >= 0.3 is 5.97 Å². The van der Waals surface area contributed by atoms with Crippen molar-refractivity contribution in [1.82, 2.24) is 0 Å². The maximum absolute atomic E-state index is 12.3. The van der Waals surface area contributed by atoms with Crippen LogP contribution >= 0.6 is 11.6 Å². The quantitative estimate of drug-likeness (QED) is 0.777. The van der Waals surface area contributed by atoms with Crippen LogP contribution in [0.25, 0.3) is 0 Å². The van der Waals surface area contributed by atoms with E-state index in [2.05, 4.69) is 5.32 Å². The van der Waals surface area contributed by atoms with Crippen molar-refractivity contribution in [2.75, 3.05) is 30.0 Å². The molecule has 0 saturated carbocycles. The molecule has 7 nitrogen and oxygen atoms in total. The van der Waals surface area contributed by atoms with E-state index >= 15 is 0 Å². The summed E-state index contributed by atoms with van der Waals surface area (Å²) < 4.78 is 10.5. The SMILES string of the molecule is Cc1ccc(NC(=O)COC(=O)CN2C(=O)CCOc3ccccc32)cc1Cl.